The first kappa shape index (κ1) is 9.80. The molecule has 2 fully saturated rings. The zero-order chi connectivity index (χ0) is 11.0. The van der Waals surface area contributed by atoms with E-state index in [1.165, 1.54) is 12.8 Å². The van der Waals surface area contributed by atoms with Crippen molar-refractivity contribution < 1.29 is 0 Å². The van der Waals surface area contributed by atoms with E-state index >= 15 is 0 Å². The third-order valence-electron chi connectivity index (χ3n) is 3.89. The van der Waals surface area contributed by atoms with Crippen LogP contribution in [-0.4, -0.2) is 17.1 Å². The number of hydrogen-bond acceptors (Lipinski definition) is 3. The number of hydrogen-bond donors (Lipinski definition) is 1. The van der Waals surface area contributed by atoms with Gasteiger partial charge in [0.2, 0.25) is 0 Å². The number of nitrogens with zero attached hydrogens (tertiary/aromatic N) is 2. The lowest BCUT2D eigenvalue weighted by Gasteiger charge is -2.35. The number of pyridine rings is 1. The van der Waals surface area contributed by atoms with Crippen LogP contribution in [-0.2, 0) is 5.41 Å². The lowest BCUT2D eigenvalue weighted by Crippen LogP contribution is -2.46. The van der Waals surface area contributed by atoms with Crippen molar-refractivity contribution >= 4 is 0 Å². The molecule has 2 atom stereocenters. The average Bonchev–Trinajstić information content (AvgIpc) is 2.70. The lowest BCUT2D eigenvalue weighted by atomic mass is 9.74. The van der Waals surface area contributed by atoms with Crippen molar-refractivity contribution in [2.75, 3.05) is 0 Å². The normalized spacial score (nSPS) is 36.9. The molecule has 0 saturated carbocycles. The van der Waals surface area contributed by atoms with Crippen LogP contribution < -0.4 is 5.32 Å². The van der Waals surface area contributed by atoms with Gasteiger partial charge in [-0.05, 0) is 37.8 Å². The van der Waals surface area contributed by atoms with Crippen LogP contribution >= 0.6 is 0 Å². The van der Waals surface area contributed by atoms with Crippen molar-refractivity contribution in [2.45, 2.75) is 43.2 Å². The van der Waals surface area contributed by atoms with Crippen LogP contribution in [0.25, 0.3) is 0 Å². The number of nitrogens with one attached hydrogen (secondary N) is 1. The summed E-state index contributed by atoms with van der Waals surface area (Å²) in [7, 11) is 0. The Morgan fingerprint density at radius 1 is 1.31 bits per heavy atom. The van der Waals surface area contributed by atoms with E-state index < -0.39 is 0 Å². The molecule has 2 unspecified atom stereocenters. The predicted octanol–water partition coefficient (Wildman–Crippen LogP) is 1.76. The maximum atomic E-state index is 9.54. The van der Waals surface area contributed by atoms with Gasteiger partial charge in [-0.15, -0.1) is 0 Å². The van der Waals surface area contributed by atoms with Crippen molar-refractivity contribution in [2.24, 2.45) is 0 Å². The number of piperidine rings is 1. The standard InChI is InChI=1S/C13H15N3/c14-9-13(12-3-1-2-6-15-12)7-10-4-5-11(8-13)16-10/h1-3,6,10-11,16H,4-5,7-8H2. The SMILES string of the molecule is N#CC1(c2ccccn2)CC2CCC(C1)N2. The first-order valence-electron chi connectivity index (χ1n) is 5.91. The molecule has 2 saturated heterocycles. The summed E-state index contributed by atoms with van der Waals surface area (Å²) in [6, 6.07) is 9.44. The molecule has 16 heavy (non-hydrogen) atoms. The van der Waals surface area contributed by atoms with Crippen LogP contribution in [0.4, 0.5) is 0 Å². The van der Waals surface area contributed by atoms with Crippen LogP contribution in [0.2, 0.25) is 0 Å². The highest BCUT2D eigenvalue weighted by atomic mass is 15.0. The number of fused-ring (bicyclic) bond motifs is 2. The molecule has 2 bridgehead atoms. The van der Waals surface area contributed by atoms with Gasteiger partial charge in [-0.1, -0.05) is 6.07 Å². The van der Waals surface area contributed by atoms with Crippen LogP contribution in [0, 0.1) is 11.3 Å². The predicted molar refractivity (Wildman–Crippen MR) is 60.7 cm³/mol. The number of nitriles is 1. The third-order valence-corrected chi connectivity index (χ3v) is 3.89. The van der Waals surface area contributed by atoms with Gasteiger partial charge in [0.1, 0.15) is 5.41 Å². The Morgan fingerprint density at radius 3 is 2.62 bits per heavy atom. The summed E-state index contributed by atoms with van der Waals surface area (Å²) in [5.41, 5.74) is 0.606. The van der Waals surface area contributed by atoms with Crippen molar-refractivity contribution in [3.05, 3.63) is 30.1 Å². The molecule has 2 aliphatic heterocycles. The second-order valence-corrected chi connectivity index (χ2v) is 4.96. The van der Waals surface area contributed by atoms with Crippen LogP contribution in [0.5, 0.6) is 0 Å². The average molecular weight is 213 g/mol. The van der Waals surface area contributed by atoms with Gasteiger partial charge in [-0.3, -0.25) is 4.98 Å². The molecule has 1 aromatic rings. The molecular formula is C13H15N3. The summed E-state index contributed by atoms with van der Waals surface area (Å²) in [6.07, 6.45) is 6.04. The van der Waals surface area contributed by atoms with Gasteiger partial charge in [0.05, 0.1) is 11.8 Å². The van der Waals surface area contributed by atoms with Crippen LogP contribution in [0.1, 0.15) is 31.4 Å². The Kier molecular flexibility index (Phi) is 2.19. The Labute approximate surface area is 95.5 Å². The fourth-order valence-electron chi connectivity index (χ4n) is 3.15. The molecule has 0 spiro atoms. The molecule has 0 aliphatic carbocycles. The molecule has 1 N–H and O–H groups in total. The summed E-state index contributed by atoms with van der Waals surface area (Å²) in [5.74, 6) is 0. The minimum atomic E-state index is -0.349. The molecule has 3 rings (SSSR count). The number of aromatic nitrogens is 1. The second-order valence-electron chi connectivity index (χ2n) is 4.96. The molecule has 82 valence electrons. The first-order valence-corrected chi connectivity index (χ1v) is 5.91. The van der Waals surface area contributed by atoms with Crippen LogP contribution in [0.15, 0.2) is 24.4 Å². The Bertz CT molecular complexity index is 409. The van der Waals surface area contributed by atoms with Gasteiger partial charge in [-0.2, -0.15) is 5.26 Å². The summed E-state index contributed by atoms with van der Waals surface area (Å²) < 4.78 is 0. The minimum absolute atomic E-state index is 0.349. The molecule has 2 aliphatic rings. The summed E-state index contributed by atoms with van der Waals surface area (Å²) in [4.78, 5) is 4.39. The Balaban J connectivity index is 1.99. The zero-order valence-electron chi connectivity index (χ0n) is 9.19. The van der Waals surface area contributed by atoms with Crippen molar-refractivity contribution in [1.29, 1.82) is 5.26 Å². The van der Waals surface area contributed by atoms with Crippen molar-refractivity contribution in [3.63, 3.8) is 0 Å². The maximum Gasteiger partial charge on any atom is 0.102 e. The van der Waals surface area contributed by atoms with E-state index in [1.807, 2.05) is 18.2 Å². The maximum absolute atomic E-state index is 9.54. The second kappa shape index (κ2) is 3.57. The monoisotopic (exact) mass is 213 g/mol. The Morgan fingerprint density at radius 2 is 2.06 bits per heavy atom. The minimum Gasteiger partial charge on any atom is -0.311 e. The third kappa shape index (κ3) is 1.42. The van der Waals surface area contributed by atoms with E-state index in [4.69, 9.17) is 0 Å². The van der Waals surface area contributed by atoms with E-state index in [-0.39, 0.29) is 5.41 Å². The molecule has 0 radical (unpaired) electrons. The molecule has 3 nitrogen and oxygen atoms in total. The van der Waals surface area contributed by atoms with Gasteiger partial charge >= 0.3 is 0 Å². The molecule has 0 amide bonds. The molecule has 1 aromatic heterocycles. The van der Waals surface area contributed by atoms with E-state index in [1.54, 1.807) is 6.20 Å². The first-order chi connectivity index (χ1) is 7.82. The van der Waals surface area contributed by atoms with E-state index in [0.717, 1.165) is 18.5 Å². The molecular weight excluding hydrogens is 198 g/mol. The van der Waals surface area contributed by atoms with Gasteiger partial charge in [-0.25, -0.2) is 0 Å². The van der Waals surface area contributed by atoms with Gasteiger partial charge < -0.3 is 5.32 Å². The zero-order valence-corrected chi connectivity index (χ0v) is 9.19. The summed E-state index contributed by atoms with van der Waals surface area (Å²) in [5, 5.41) is 13.1. The lowest BCUT2D eigenvalue weighted by molar-refractivity contribution is 0.299. The highest BCUT2D eigenvalue weighted by Gasteiger charge is 2.45. The Hall–Kier alpha value is -1.40. The van der Waals surface area contributed by atoms with E-state index in [9.17, 15) is 5.26 Å². The van der Waals surface area contributed by atoms with Gasteiger partial charge in [0, 0.05) is 18.3 Å². The van der Waals surface area contributed by atoms with E-state index in [0.29, 0.717) is 12.1 Å². The highest BCUT2D eigenvalue weighted by Crippen LogP contribution is 2.41. The van der Waals surface area contributed by atoms with Crippen molar-refractivity contribution in [1.82, 2.24) is 10.3 Å². The summed E-state index contributed by atoms with van der Waals surface area (Å²) in [6.45, 7) is 0. The van der Waals surface area contributed by atoms with E-state index in [2.05, 4.69) is 16.4 Å². The fourth-order valence-corrected chi connectivity index (χ4v) is 3.15. The molecule has 3 heteroatoms. The van der Waals surface area contributed by atoms with Crippen LogP contribution in [0.3, 0.4) is 0 Å². The highest BCUT2D eigenvalue weighted by molar-refractivity contribution is 5.29. The van der Waals surface area contributed by atoms with Crippen molar-refractivity contribution in [3.8, 4) is 6.07 Å². The van der Waals surface area contributed by atoms with Gasteiger partial charge in [0.15, 0.2) is 0 Å². The summed E-state index contributed by atoms with van der Waals surface area (Å²) >= 11 is 0. The fraction of sp³-hybridized carbons (Fsp3) is 0.538. The van der Waals surface area contributed by atoms with Gasteiger partial charge in [0.25, 0.3) is 0 Å². The molecule has 0 aromatic carbocycles. The topological polar surface area (TPSA) is 48.7 Å². The quantitative estimate of drug-likeness (QED) is 0.773. The smallest absolute Gasteiger partial charge is 0.102 e. The number of rotatable bonds is 1. The largest absolute Gasteiger partial charge is 0.311 e. The molecule has 3 heterocycles.